The number of hydrogen-bond acceptors (Lipinski definition) is 5. The van der Waals surface area contributed by atoms with Crippen molar-refractivity contribution in [2.45, 2.75) is 10.9 Å². The van der Waals surface area contributed by atoms with Crippen molar-refractivity contribution >= 4 is 52.6 Å². The average Bonchev–Trinajstić information content (AvgIpc) is 3.18. The summed E-state index contributed by atoms with van der Waals surface area (Å²) in [6.07, 6.45) is 0. The van der Waals surface area contributed by atoms with Crippen molar-refractivity contribution in [2.75, 3.05) is 29.8 Å². The van der Waals surface area contributed by atoms with Crippen LogP contribution in [-0.2, 0) is 9.59 Å². The number of hydrogen-bond donors (Lipinski definition) is 1. The zero-order valence-corrected chi connectivity index (χ0v) is 17.1. The first-order chi connectivity index (χ1) is 13.1. The zero-order valence-electron chi connectivity index (χ0n) is 14.7. The fraction of sp³-hybridized carbons (Fsp3) is 0.263. The second-order valence-electron chi connectivity index (χ2n) is 5.82. The Morgan fingerprint density at radius 3 is 2.70 bits per heavy atom. The monoisotopic (exact) mass is 422 g/mol. The fourth-order valence-corrected chi connectivity index (χ4v) is 4.90. The maximum absolute atomic E-state index is 12.6. The minimum atomic E-state index is -0.476. The molecule has 5 nitrogen and oxygen atoms in total. The number of anilines is 1. The first-order valence-corrected chi connectivity index (χ1v) is 10.8. The van der Waals surface area contributed by atoms with Gasteiger partial charge in [-0.25, -0.2) is 0 Å². The highest BCUT2D eigenvalue weighted by Gasteiger charge is 2.34. The number of nitrogens with zero attached hydrogens (tertiary/aromatic N) is 1. The number of carbonyl (C=O) groups is 2. The summed E-state index contributed by atoms with van der Waals surface area (Å²) in [5.74, 6) is 1.82. The summed E-state index contributed by atoms with van der Waals surface area (Å²) in [4.78, 5) is 27.8. The molecule has 2 aromatic carbocycles. The molecule has 1 saturated heterocycles. The predicted molar refractivity (Wildman–Crippen MR) is 112 cm³/mol. The molecule has 142 valence electrons. The van der Waals surface area contributed by atoms with E-state index < -0.39 is 6.04 Å². The van der Waals surface area contributed by atoms with Crippen LogP contribution in [0.25, 0.3) is 0 Å². The number of thioether (sulfide) groups is 2. The zero-order chi connectivity index (χ0) is 19.2. The number of benzene rings is 2. The molecule has 1 heterocycles. The van der Waals surface area contributed by atoms with Crippen LogP contribution in [0, 0.1) is 0 Å². The number of carbonyl (C=O) groups excluding carboxylic acids is 2. The number of methoxy groups -OCH3 is 1. The third-order valence-electron chi connectivity index (χ3n) is 4.05. The van der Waals surface area contributed by atoms with Gasteiger partial charge in [0.15, 0.2) is 0 Å². The van der Waals surface area contributed by atoms with E-state index in [2.05, 4.69) is 5.32 Å². The lowest BCUT2D eigenvalue weighted by molar-refractivity contribution is -0.134. The topological polar surface area (TPSA) is 58.6 Å². The first-order valence-electron chi connectivity index (χ1n) is 8.28. The molecule has 1 fully saturated rings. The smallest absolute Gasteiger partial charge is 0.248 e. The highest BCUT2D eigenvalue weighted by Crippen LogP contribution is 2.29. The van der Waals surface area contributed by atoms with Crippen molar-refractivity contribution < 1.29 is 14.3 Å². The number of halogens is 1. The Kier molecular flexibility index (Phi) is 6.93. The molecule has 8 heteroatoms. The van der Waals surface area contributed by atoms with Gasteiger partial charge in [0.25, 0.3) is 0 Å². The predicted octanol–water partition coefficient (Wildman–Crippen LogP) is 3.98. The van der Waals surface area contributed by atoms with Gasteiger partial charge in [-0.3, -0.25) is 9.59 Å². The molecule has 2 aromatic rings. The molecule has 1 aliphatic rings. The molecule has 1 atom stereocenters. The van der Waals surface area contributed by atoms with Crippen LogP contribution in [0.2, 0.25) is 5.02 Å². The van der Waals surface area contributed by atoms with Gasteiger partial charge in [0, 0.05) is 16.3 Å². The molecular formula is C19H19ClN2O3S2. The summed E-state index contributed by atoms with van der Waals surface area (Å²) in [7, 11) is 1.59. The highest BCUT2D eigenvalue weighted by atomic mass is 35.5. The van der Waals surface area contributed by atoms with Crippen molar-refractivity contribution in [3.63, 3.8) is 0 Å². The SMILES string of the molecule is COc1ccc(NC(=O)C2CSCN2C(=O)CSc2ccccc2Cl)cc1. The molecule has 0 radical (unpaired) electrons. The molecule has 1 unspecified atom stereocenters. The quantitative estimate of drug-likeness (QED) is 0.713. The van der Waals surface area contributed by atoms with Gasteiger partial charge in [0.05, 0.1) is 23.8 Å². The Morgan fingerprint density at radius 2 is 2.00 bits per heavy atom. The maximum atomic E-state index is 12.6. The number of rotatable bonds is 6. The van der Waals surface area contributed by atoms with E-state index in [1.54, 1.807) is 54.1 Å². The van der Waals surface area contributed by atoms with Gasteiger partial charge in [-0.2, -0.15) is 0 Å². The van der Waals surface area contributed by atoms with E-state index in [0.717, 1.165) is 10.6 Å². The van der Waals surface area contributed by atoms with Gasteiger partial charge < -0.3 is 15.0 Å². The molecule has 0 aliphatic carbocycles. The van der Waals surface area contributed by atoms with Crippen LogP contribution < -0.4 is 10.1 Å². The minimum absolute atomic E-state index is 0.0696. The molecule has 0 bridgehead atoms. The lowest BCUT2D eigenvalue weighted by Crippen LogP contribution is -2.45. The minimum Gasteiger partial charge on any atom is -0.497 e. The number of nitrogens with one attached hydrogen (secondary N) is 1. The van der Waals surface area contributed by atoms with E-state index in [-0.39, 0.29) is 17.6 Å². The van der Waals surface area contributed by atoms with E-state index >= 15 is 0 Å². The van der Waals surface area contributed by atoms with E-state index in [4.69, 9.17) is 16.3 Å². The van der Waals surface area contributed by atoms with Gasteiger partial charge >= 0.3 is 0 Å². The molecule has 0 saturated carbocycles. The van der Waals surface area contributed by atoms with Crippen LogP contribution in [0.15, 0.2) is 53.4 Å². The van der Waals surface area contributed by atoms with E-state index in [1.807, 2.05) is 18.2 Å². The molecule has 1 N–H and O–H groups in total. The lowest BCUT2D eigenvalue weighted by Gasteiger charge is -2.23. The van der Waals surface area contributed by atoms with Crippen molar-refractivity contribution in [3.05, 3.63) is 53.6 Å². The van der Waals surface area contributed by atoms with E-state index in [9.17, 15) is 9.59 Å². The Labute approximate surface area is 171 Å². The molecule has 0 spiro atoms. The van der Waals surface area contributed by atoms with Crippen molar-refractivity contribution in [1.29, 1.82) is 0 Å². The Hall–Kier alpha value is -1.83. The molecule has 2 amide bonds. The summed E-state index contributed by atoms with van der Waals surface area (Å²) >= 11 is 9.10. The summed E-state index contributed by atoms with van der Waals surface area (Å²) in [6, 6.07) is 14.1. The molecule has 3 rings (SSSR count). The van der Waals surface area contributed by atoms with Crippen LogP contribution in [-0.4, -0.2) is 47.2 Å². The molecular weight excluding hydrogens is 404 g/mol. The van der Waals surface area contributed by atoms with Gasteiger partial charge in [-0.1, -0.05) is 23.7 Å². The van der Waals surface area contributed by atoms with Crippen molar-refractivity contribution in [3.8, 4) is 5.75 Å². The summed E-state index contributed by atoms with van der Waals surface area (Å²) in [5.41, 5.74) is 0.676. The van der Waals surface area contributed by atoms with Crippen LogP contribution in [0.1, 0.15) is 0 Å². The summed E-state index contributed by atoms with van der Waals surface area (Å²) < 4.78 is 5.11. The molecule has 27 heavy (non-hydrogen) atoms. The Balaban J connectivity index is 1.59. The first kappa shape index (κ1) is 19.9. The van der Waals surface area contributed by atoms with E-state index in [1.165, 1.54) is 11.8 Å². The highest BCUT2D eigenvalue weighted by molar-refractivity contribution is 8.00. The number of ether oxygens (including phenoxy) is 1. The molecule has 0 aromatic heterocycles. The Bertz CT molecular complexity index is 817. The third-order valence-corrected chi connectivity index (χ3v) is 6.56. The van der Waals surface area contributed by atoms with Gasteiger partial charge in [-0.05, 0) is 36.4 Å². The normalized spacial score (nSPS) is 16.2. The summed E-state index contributed by atoms with van der Waals surface area (Å²) in [5, 5.41) is 3.50. The van der Waals surface area contributed by atoms with Gasteiger partial charge in [-0.15, -0.1) is 23.5 Å². The Morgan fingerprint density at radius 1 is 1.26 bits per heavy atom. The van der Waals surface area contributed by atoms with Crippen LogP contribution in [0.3, 0.4) is 0 Å². The van der Waals surface area contributed by atoms with Crippen LogP contribution >= 0.6 is 35.1 Å². The van der Waals surface area contributed by atoms with Gasteiger partial charge in [0.1, 0.15) is 11.8 Å². The second-order valence-corrected chi connectivity index (χ2v) is 8.24. The van der Waals surface area contributed by atoms with Crippen molar-refractivity contribution in [1.82, 2.24) is 4.90 Å². The van der Waals surface area contributed by atoms with E-state index in [0.29, 0.717) is 22.3 Å². The molecule has 1 aliphatic heterocycles. The number of amides is 2. The summed E-state index contributed by atoms with van der Waals surface area (Å²) in [6.45, 7) is 0. The lowest BCUT2D eigenvalue weighted by atomic mass is 10.2. The van der Waals surface area contributed by atoms with Crippen molar-refractivity contribution in [2.24, 2.45) is 0 Å². The third kappa shape index (κ3) is 5.12. The average molecular weight is 423 g/mol. The second kappa shape index (κ2) is 9.39. The maximum Gasteiger partial charge on any atom is 0.248 e. The van der Waals surface area contributed by atoms with Gasteiger partial charge in [0.2, 0.25) is 11.8 Å². The fourth-order valence-electron chi connectivity index (χ4n) is 2.59. The van der Waals surface area contributed by atoms with Crippen LogP contribution in [0.5, 0.6) is 5.75 Å². The standard InChI is InChI=1S/C19H19ClN2O3S2/c1-25-14-8-6-13(7-9-14)21-19(24)16-10-26-12-22(16)18(23)11-27-17-5-3-2-4-15(17)20/h2-9,16H,10-12H2,1H3,(H,21,24). The van der Waals surface area contributed by atoms with Crippen LogP contribution in [0.4, 0.5) is 5.69 Å². The largest absolute Gasteiger partial charge is 0.497 e.